The van der Waals surface area contributed by atoms with Crippen molar-refractivity contribution in [3.8, 4) is 0 Å². The van der Waals surface area contributed by atoms with Crippen LogP contribution in [0.1, 0.15) is 84.1 Å². The summed E-state index contributed by atoms with van der Waals surface area (Å²) in [5, 5.41) is 53.2. The topological polar surface area (TPSA) is 325 Å². The number of fused-ring (bicyclic) bond motifs is 1. The molecule has 2 fully saturated rings. The molecule has 0 bridgehead atoms. The summed E-state index contributed by atoms with van der Waals surface area (Å²) in [7, 11) is 1.08. The van der Waals surface area contributed by atoms with Gasteiger partial charge in [-0.2, -0.15) is 0 Å². The van der Waals surface area contributed by atoms with Gasteiger partial charge in [-0.25, -0.2) is 9.59 Å². The molecule has 1 saturated heterocycles. The van der Waals surface area contributed by atoms with Crippen LogP contribution < -0.4 is 26.6 Å². The first-order valence-corrected chi connectivity index (χ1v) is 28.7. The maximum Gasteiger partial charge on any atom is 0.326 e. The van der Waals surface area contributed by atoms with Gasteiger partial charge in [-0.05, 0) is 101 Å². The number of ketones is 2. The van der Waals surface area contributed by atoms with Crippen LogP contribution in [0.15, 0.2) is 42.5 Å². The van der Waals surface area contributed by atoms with Crippen LogP contribution >= 0.6 is 7.36 Å². The number of Topliss-reactive ketones (excluding diaryl/α,β-unsaturated/α-hetero) is 2. The molecule has 4 rings (SSSR count). The van der Waals surface area contributed by atoms with Gasteiger partial charge < -0.3 is 47.0 Å². The number of unbranched alkanes of at least 4 members (excludes halogenated alkanes) is 1. The molecule has 2 aliphatic rings. The minimum atomic E-state index is -1.32. The van der Waals surface area contributed by atoms with Gasteiger partial charge in [0.15, 0.2) is 5.78 Å². The zero-order valence-corrected chi connectivity index (χ0v) is 46.8. The number of carbonyl (C=O) groups excluding carboxylic acids is 6. The van der Waals surface area contributed by atoms with Gasteiger partial charge in [0.1, 0.15) is 17.9 Å². The molecule has 432 valence electrons. The van der Waals surface area contributed by atoms with Crippen molar-refractivity contribution in [2.45, 2.75) is 103 Å². The highest BCUT2D eigenvalue weighted by molar-refractivity contribution is 7.96. The van der Waals surface area contributed by atoms with E-state index in [2.05, 4.69) is 45.3 Å². The summed E-state index contributed by atoms with van der Waals surface area (Å²) in [5.74, 6) is -6.19. The number of carboxylic acids is 4. The van der Waals surface area contributed by atoms with Gasteiger partial charge in [-0.1, -0.05) is 61.2 Å². The van der Waals surface area contributed by atoms with Crippen molar-refractivity contribution in [2.24, 2.45) is 11.8 Å². The third-order valence-electron chi connectivity index (χ3n) is 13.5. The van der Waals surface area contributed by atoms with E-state index in [0.29, 0.717) is 91.0 Å². The molecule has 2 aromatic carbocycles. The third kappa shape index (κ3) is 27.0. The van der Waals surface area contributed by atoms with Gasteiger partial charge in [-0.3, -0.25) is 58.0 Å². The summed E-state index contributed by atoms with van der Waals surface area (Å²) >= 11 is 4.53. The monoisotopic (exact) mass is 1130 g/mol. The molecule has 0 aromatic heterocycles. The van der Waals surface area contributed by atoms with E-state index in [1.54, 1.807) is 9.80 Å². The summed E-state index contributed by atoms with van der Waals surface area (Å²) in [6, 6.07) is 9.31. The molecule has 0 unspecified atom stereocenters. The fourth-order valence-electron chi connectivity index (χ4n) is 9.22. The molecule has 5 amide bonds. The molecule has 23 nitrogen and oxygen atoms in total. The van der Waals surface area contributed by atoms with E-state index < -0.39 is 59.7 Å². The zero-order chi connectivity index (χ0) is 57.6. The Morgan fingerprint density at radius 1 is 0.628 bits per heavy atom. The minimum absolute atomic E-state index is 0.00330. The normalized spacial score (nSPS) is 18.2. The van der Waals surface area contributed by atoms with Crippen LogP contribution in [0.4, 0.5) is 4.79 Å². The average Bonchev–Trinajstić information content (AvgIpc) is 3.39. The largest absolute Gasteiger partial charge is 0.481 e. The molecule has 1 saturated carbocycles. The zero-order valence-electron chi connectivity index (χ0n) is 45.1. The van der Waals surface area contributed by atoms with Crippen LogP contribution in [-0.2, 0) is 61.4 Å². The van der Waals surface area contributed by atoms with Crippen LogP contribution in [-0.4, -0.2) is 215 Å². The summed E-state index contributed by atoms with van der Waals surface area (Å²) in [6.45, 7) is 7.98. The van der Waals surface area contributed by atoms with E-state index in [0.717, 1.165) is 29.9 Å². The first-order valence-electron chi connectivity index (χ1n) is 26.6. The van der Waals surface area contributed by atoms with Crippen LogP contribution in [0.25, 0.3) is 10.8 Å². The second kappa shape index (κ2) is 36.2. The molecular weight excluding hydrogens is 1050 g/mol. The quantitative estimate of drug-likeness (QED) is 0.0435. The summed E-state index contributed by atoms with van der Waals surface area (Å²) in [5.41, 5.74) is 0.829. The van der Waals surface area contributed by atoms with Gasteiger partial charge in [-0.15, -0.1) is 0 Å². The Kier molecular flexibility index (Phi) is 30.7. The number of carboxylic acid groups (broad SMARTS) is 4. The Bertz CT molecular complexity index is 2310. The predicted molar refractivity (Wildman–Crippen MR) is 296 cm³/mol. The SMILES string of the molecule is CC(=O)CN1CCN(CC(=O)O)CCN(CC(=O)O)CCN(CC(=O)NCC2CCC(C(=O)N[C@@H](Cc3ccc4ccccc4c3)C(=O)NCCCC[C@H](NC(=O)N[C@@H](CCC(=O)O)C(C)=O)C(=O)O)CC2)CC1.CCP=S. The van der Waals surface area contributed by atoms with Gasteiger partial charge in [0.05, 0.1) is 32.2 Å². The van der Waals surface area contributed by atoms with E-state index >= 15 is 0 Å². The second-order valence-corrected chi connectivity index (χ2v) is 21.6. The molecule has 0 spiro atoms. The second-order valence-electron chi connectivity index (χ2n) is 19.9. The summed E-state index contributed by atoms with van der Waals surface area (Å²) in [6.07, 6.45) is 3.78. The number of benzene rings is 2. The predicted octanol–water partition coefficient (Wildman–Crippen LogP) is 2.05. The van der Waals surface area contributed by atoms with E-state index in [9.17, 15) is 63.3 Å². The Morgan fingerprint density at radius 2 is 1.17 bits per heavy atom. The number of aliphatic carboxylic acids is 4. The molecular formula is C53H80N9O14PS. The lowest BCUT2D eigenvalue weighted by Gasteiger charge is -2.33. The fraction of sp³-hybridized carbons (Fsp3) is 0.623. The Hall–Kier alpha value is -6.04. The van der Waals surface area contributed by atoms with Gasteiger partial charge in [0.25, 0.3) is 0 Å². The standard InChI is InChI=1S/C51H75N9O14.C2H5PS/c1-34(61)30-57-19-21-58(22-24-60(33-47(68)69)26-25-59(23-20-57)32-46(66)67)31-44(63)53-29-36-10-14-39(15-11-36)48(70)54-43(28-37-12-13-38-7-3-4-8-40(38)27-37)49(71)52-18-6-5-9-42(50(72)73)56-51(74)55-41(35(2)62)16-17-45(64)65;1-2-3-4/h3-4,7-8,12-13,27,36,39,41-43H,5-6,9-11,14-26,28-33H2,1-2H3,(H,52,71)(H,53,63)(H,54,70)(H,64,65)(H,66,67)(H,68,69)(H,72,73)(H2,55,56,74);2H2,1H3/t36?,39?,41-,42-,43-;/m0./s1. The minimum Gasteiger partial charge on any atom is -0.481 e. The number of hydrogen-bond donors (Lipinski definition) is 9. The number of carbonyl (C=O) groups is 10. The first-order chi connectivity index (χ1) is 37.1. The van der Waals surface area contributed by atoms with Crippen LogP contribution in [0.2, 0.25) is 0 Å². The van der Waals surface area contributed by atoms with Crippen LogP contribution in [0, 0.1) is 11.8 Å². The lowest BCUT2D eigenvalue weighted by Crippen LogP contribution is -2.51. The Labute approximate surface area is 462 Å². The molecule has 9 N–H and O–H groups in total. The smallest absolute Gasteiger partial charge is 0.326 e. The number of nitrogens with one attached hydrogen (secondary N) is 5. The molecule has 0 radical (unpaired) electrons. The van der Waals surface area contributed by atoms with E-state index in [4.69, 9.17) is 5.11 Å². The van der Waals surface area contributed by atoms with Crippen molar-refractivity contribution in [3.63, 3.8) is 0 Å². The number of amides is 5. The van der Waals surface area contributed by atoms with Crippen molar-refractivity contribution in [2.75, 3.05) is 97.8 Å². The lowest BCUT2D eigenvalue weighted by atomic mass is 9.81. The van der Waals surface area contributed by atoms with Crippen molar-refractivity contribution >= 4 is 89.1 Å². The van der Waals surface area contributed by atoms with E-state index in [1.165, 1.54) is 13.8 Å². The molecule has 78 heavy (non-hydrogen) atoms. The summed E-state index contributed by atoms with van der Waals surface area (Å²) < 4.78 is 0. The highest BCUT2D eigenvalue weighted by Crippen LogP contribution is 2.29. The van der Waals surface area contributed by atoms with Crippen molar-refractivity contribution in [1.82, 2.24) is 46.2 Å². The van der Waals surface area contributed by atoms with Crippen molar-refractivity contribution in [3.05, 3.63) is 48.0 Å². The van der Waals surface area contributed by atoms with E-state index in [1.807, 2.05) is 52.3 Å². The molecule has 2 aromatic rings. The Morgan fingerprint density at radius 3 is 1.68 bits per heavy atom. The number of urea groups is 1. The molecule has 3 atom stereocenters. The lowest BCUT2D eigenvalue weighted by molar-refractivity contribution is -0.140. The highest BCUT2D eigenvalue weighted by Gasteiger charge is 2.31. The number of hydrogen-bond acceptors (Lipinski definition) is 15. The van der Waals surface area contributed by atoms with Gasteiger partial charge in [0.2, 0.25) is 17.7 Å². The van der Waals surface area contributed by atoms with Crippen LogP contribution in [0.3, 0.4) is 0 Å². The van der Waals surface area contributed by atoms with Crippen molar-refractivity contribution in [1.29, 1.82) is 0 Å². The average molecular weight is 1130 g/mol. The van der Waals surface area contributed by atoms with Crippen molar-refractivity contribution < 1.29 is 68.4 Å². The van der Waals surface area contributed by atoms with Crippen LogP contribution in [0.5, 0.6) is 0 Å². The fourth-order valence-corrected chi connectivity index (χ4v) is 9.22. The maximum atomic E-state index is 13.9. The Balaban J connectivity index is 0.00000386. The van der Waals surface area contributed by atoms with Gasteiger partial charge >= 0.3 is 29.9 Å². The van der Waals surface area contributed by atoms with Gasteiger partial charge in [0, 0.05) is 84.2 Å². The highest BCUT2D eigenvalue weighted by atomic mass is 32.4. The molecule has 1 aliphatic heterocycles. The molecule has 1 aliphatic carbocycles. The molecule has 25 heteroatoms. The first kappa shape index (κ1) is 66.2. The third-order valence-corrected chi connectivity index (χ3v) is 14.6. The van der Waals surface area contributed by atoms with E-state index in [-0.39, 0.29) is 94.3 Å². The molecule has 1 heterocycles. The summed E-state index contributed by atoms with van der Waals surface area (Å²) in [4.78, 5) is 131. The maximum absolute atomic E-state index is 13.9. The number of nitrogens with zero attached hydrogens (tertiary/aromatic N) is 4. The number of rotatable bonds is 28.